The second-order valence-electron chi connectivity index (χ2n) is 3.00. The van der Waals surface area contributed by atoms with Gasteiger partial charge >= 0.3 is 0 Å². The van der Waals surface area contributed by atoms with Crippen LogP contribution in [-0.4, -0.2) is 16.7 Å². The summed E-state index contributed by atoms with van der Waals surface area (Å²) < 4.78 is 0. The molecule has 3 nitrogen and oxygen atoms in total. The molecule has 0 unspecified atom stereocenters. The van der Waals surface area contributed by atoms with E-state index in [4.69, 9.17) is 0 Å². The average molecular weight is 307 g/mol. The summed E-state index contributed by atoms with van der Waals surface area (Å²) in [4.78, 5) is 23.6. The van der Waals surface area contributed by atoms with Crippen LogP contribution >= 0.6 is 0 Å². The van der Waals surface area contributed by atoms with E-state index in [2.05, 4.69) is 6.07 Å². The van der Waals surface area contributed by atoms with Gasteiger partial charge in [0.25, 0.3) is 11.8 Å². The molecule has 0 aliphatic carbocycles. The normalized spacial score (nSPS) is 12.6. The molecule has 0 bridgehead atoms. The van der Waals surface area contributed by atoms with Crippen molar-refractivity contribution in [3.8, 4) is 0 Å². The number of benzene rings is 1. The van der Waals surface area contributed by atoms with Crippen LogP contribution in [-0.2, 0) is 48.8 Å². The van der Waals surface area contributed by atoms with E-state index < -0.39 is 0 Å². The van der Waals surface area contributed by atoms with Gasteiger partial charge in [-0.3, -0.25) is 14.5 Å². The van der Waals surface area contributed by atoms with Crippen molar-refractivity contribution < 1.29 is 42.3 Å². The van der Waals surface area contributed by atoms with Gasteiger partial charge in [-0.05, 0) is 0 Å². The van der Waals surface area contributed by atoms with Gasteiger partial charge in [-0.1, -0.05) is 14.9 Å². The number of rotatable bonds is 2. The van der Waals surface area contributed by atoms with E-state index in [1.807, 2.05) is 12.1 Å². The van der Waals surface area contributed by atoms with E-state index in [1.54, 1.807) is 12.1 Å². The minimum atomic E-state index is -0.247. The van der Waals surface area contributed by atoms with E-state index >= 15 is 0 Å². The Hall–Kier alpha value is -0.796. The van der Waals surface area contributed by atoms with Crippen LogP contribution in [0.25, 0.3) is 0 Å². The summed E-state index contributed by atoms with van der Waals surface area (Å²) in [5.41, 5.74) is 0.925. The summed E-state index contributed by atoms with van der Waals surface area (Å²) in [5, 5.41) is 0. The van der Waals surface area contributed by atoms with Crippen LogP contribution < -0.4 is 0 Å². The molecule has 2 amide bonds. The second kappa shape index (κ2) is 8.32. The molecule has 89 valence electrons. The van der Waals surface area contributed by atoms with E-state index in [-0.39, 0.29) is 59.4 Å². The molecule has 0 N–H and O–H groups in total. The Morgan fingerprint density at radius 3 is 1.94 bits per heavy atom. The molecule has 4 heteroatoms. The smallest absolute Gasteiger partial charge is 0.253 e. The van der Waals surface area contributed by atoms with Gasteiger partial charge in [-0.15, -0.1) is 5.56 Å². The topological polar surface area (TPSA) is 37.4 Å². The first kappa shape index (κ1) is 18.6. The van der Waals surface area contributed by atoms with Gasteiger partial charge in [0.2, 0.25) is 0 Å². The third kappa shape index (κ3) is 4.52. The maximum absolute atomic E-state index is 11.2. The molecule has 0 spiro atoms. The van der Waals surface area contributed by atoms with Gasteiger partial charge in [-0.2, -0.15) is 30.3 Å². The van der Waals surface area contributed by atoms with Crippen molar-refractivity contribution in [1.82, 2.24) is 4.90 Å². The van der Waals surface area contributed by atoms with Crippen LogP contribution in [0.2, 0.25) is 0 Å². The monoisotopic (exact) mass is 307 g/mol. The minimum Gasteiger partial charge on any atom is -0.273 e. The van der Waals surface area contributed by atoms with E-state index in [9.17, 15) is 9.59 Å². The third-order valence-electron chi connectivity index (χ3n) is 2.03. The summed E-state index contributed by atoms with van der Waals surface area (Å²) >= 11 is 0. The molecule has 0 fully saturated rings. The van der Waals surface area contributed by atoms with Crippen LogP contribution in [0.5, 0.6) is 0 Å². The van der Waals surface area contributed by atoms with Crippen molar-refractivity contribution in [2.45, 2.75) is 21.4 Å². The minimum absolute atomic E-state index is 0. The van der Waals surface area contributed by atoms with E-state index in [0.717, 1.165) is 5.56 Å². The molecule has 2 rings (SSSR count). The first-order chi connectivity index (χ1) is 6.77. The first-order valence-electron chi connectivity index (χ1n) is 4.26. The van der Waals surface area contributed by atoms with Gasteiger partial charge in [-0.25, -0.2) is 0 Å². The molecule has 0 saturated carbocycles. The molecule has 17 heavy (non-hydrogen) atoms. The Bertz CT molecular complexity index is 383. The Morgan fingerprint density at radius 2 is 1.47 bits per heavy atom. The van der Waals surface area contributed by atoms with Gasteiger partial charge in [0.15, 0.2) is 0 Å². The first-order valence-corrected chi connectivity index (χ1v) is 4.26. The number of hydrogen-bond donors (Lipinski definition) is 0. The van der Waals surface area contributed by atoms with Crippen LogP contribution in [0, 0.1) is 6.07 Å². The summed E-state index contributed by atoms with van der Waals surface area (Å²) in [7, 11) is 0. The predicted molar refractivity (Wildman–Crippen MR) is 63.4 cm³/mol. The maximum Gasteiger partial charge on any atom is 0.253 e. The molecule has 1 aliphatic heterocycles. The zero-order chi connectivity index (χ0) is 9.97. The zero-order valence-electron chi connectivity index (χ0n) is 8.01. The standard InChI is InChI=1S/C11H8NO2.2CH4.Y/c13-10-6-7-11(14)12(10)8-9-4-2-1-3-5-9;;;/h2-7H,8H2;2*1H4;/q-1;;;. The van der Waals surface area contributed by atoms with Crippen molar-refractivity contribution >= 4 is 11.8 Å². The molecular formula is C13H16NO2Y-. The Balaban J connectivity index is 0. The van der Waals surface area contributed by atoms with Crippen LogP contribution in [0.3, 0.4) is 0 Å². The Morgan fingerprint density at radius 1 is 1.00 bits per heavy atom. The molecule has 0 saturated heterocycles. The third-order valence-corrected chi connectivity index (χ3v) is 2.03. The van der Waals surface area contributed by atoms with Crippen LogP contribution in [0.15, 0.2) is 36.4 Å². The quantitative estimate of drug-likeness (QED) is 0.620. The Kier molecular flexibility index (Phi) is 9.08. The number of amides is 2. The number of nitrogens with zero attached hydrogens (tertiary/aromatic N) is 1. The summed E-state index contributed by atoms with van der Waals surface area (Å²) in [6, 6.07) is 10.1. The number of carbonyl (C=O) groups is 2. The molecule has 1 aromatic carbocycles. The second-order valence-corrected chi connectivity index (χ2v) is 3.00. The van der Waals surface area contributed by atoms with Gasteiger partial charge in [0.1, 0.15) is 0 Å². The fourth-order valence-electron chi connectivity index (χ4n) is 1.30. The van der Waals surface area contributed by atoms with E-state index in [0.29, 0.717) is 6.54 Å². The Labute approximate surface area is 128 Å². The van der Waals surface area contributed by atoms with Crippen molar-refractivity contribution in [3.63, 3.8) is 0 Å². The zero-order valence-corrected chi connectivity index (χ0v) is 10.9. The summed E-state index contributed by atoms with van der Waals surface area (Å²) in [5.74, 6) is -0.495. The average Bonchev–Trinajstić information content (AvgIpc) is 2.51. The van der Waals surface area contributed by atoms with Gasteiger partial charge < -0.3 is 0 Å². The van der Waals surface area contributed by atoms with Crippen molar-refractivity contribution in [2.75, 3.05) is 0 Å². The summed E-state index contributed by atoms with van der Waals surface area (Å²) in [6.45, 7) is 0.333. The van der Waals surface area contributed by atoms with Crippen molar-refractivity contribution in [3.05, 3.63) is 48.0 Å². The molecular weight excluding hydrogens is 291 g/mol. The molecule has 0 atom stereocenters. The van der Waals surface area contributed by atoms with Crippen molar-refractivity contribution in [1.29, 1.82) is 0 Å². The van der Waals surface area contributed by atoms with Crippen LogP contribution in [0.1, 0.15) is 20.4 Å². The number of hydrogen-bond acceptors (Lipinski definition) is 2. The largest absolute Gasteiger partial charge is 0.273 e. The summed E-state index contributed by atoms with van der Waals surface area (Å²) in [6.07, 6.45) is 2.58. The van der Waals surface area contributed by atoms with Crippen LogP contribution in [0.4, 0.5) is 0 Å². The number of carbonyl (C=O) groups excluding carboxylic acids is 2. The molecule has 0 aromatic heterocycles. The van der Waals surface area contributed by atoms with Gasteiger partial charge in [0, 0.05) is 51.4 Å². The molecule has 1 aliphatic rings. The van der Waals surface area contributed by atoms with Crippen molar-refractivity contribution in [2.24, 2.45) is 0 Å². The predicted octanol–water partition coefficient (Wildman–Crippen LogP) is 2.18. The fourth-order valence-corrected chi connectivity index (χ4v) is 1.30. The number of imide groups is 1. The maximum atomic E-state index is 11.2. The van der Waals surface area contributed by atoms with E-state index in [1.165, 1.54) is 17.1 Å². The molecule has 1 aromatic rings. The fraction of sp³-hybridized carbons (Fsp3) is 0.231. The SMILES string of the molecule is C.C.O=C1C=CC(=O)N1Cc1cc[c-]cc1.[Y]. The molecule has 1 radical (unpaired) electrons. The molecule has 1 heterocycles. The van der Waals surface area contributed by atoms with Gasteiger partial charge in [0.05, 0.1) is 0 Å².